The minimum absolute atomic E-state index is 0.00726. The zero-order valence-electron chi connectivity index (χ0n) is 14.6. The topological polar surface area (TPSA) is 46.2 Å². The monoisotopic (exact) mass is 315 g/mol. The van der Waals surface area contributed by atoms with Crippen LogP contribution in [0.1, 0.15) is 73.6 Å². The highest BCUT2D eigenvalue weighted by atomic mass is 32.2. The number of allylic oxidation sites excluding steroid dienone is 2. The summed E-state index contributed by atoms with van der Waals surface area (Å²) >= 11 is 0. The first-order valence-corrected chi connectivity index (χ1v) is 9.69. The largest absolute Gasteiger partial charge is 0.212 e. The maximum atomic E-state index is 12.2. The molecular weight excluding hydrogens is 282 g/mol. The molecule has 1 N–H and O–H groups in total. The maximum absolute atomic E-state index is 12.2. The van der Waals surface area contributed by atoms with Crippen LogP contribution in [0.3, 0.4) is 0 Å². The zero-order valence-corrected chi connectivity index (χ0v) is 15.4. The summed E-state index contributed by atoms with van der Waals surface area (Å²) in [5.41, 5.74) is 0.0930. The van der Waals surface area contributed by atoms with Gasteiger partial charge in [0.1, 0.15) is 0 Å². The van der Waals surface area contributed by atoms with Gasteiger partial charge in [-0.05, 0) is 42.9 Å². The van der Waals surface area contributed by atoms with Gasteiger partial charge in [-0.25, -0.2) is 13.1 Å². The quantitative estimate of drug-likeness (QED) is 0.563. The van der Waals surface area contributed by atoms with Gasteiger partial charge in [-0.3, -0.25) is 0 Å². The third-order valence-corrected chi connectivity index (χ3v) is 5.75. The van der Waals surface area contributed by atoms with E-state index in [1.807, 2.05) is 0 Å². The second-order valence-corrected chi connectivity index (χ2v) is 10.5. The summed E-state index contributed by atoms with van der Waals surface area (Å²) < 4.78 is 27.3. The fraction of sp³-hybridized carbons (Fsp3) is 0.882. The fourth-order valence-corrected chi connectivity index (χ4v) is 4.18. The van der Waals surface area contributed by atoms with Crippen molar-refractivity contribution in [3.05, 3.63) is 12.2 Å². The molecule has 0 spiro atoms. The summed E-state index contributed by atoms with van der Waals surface area (Å²) in [6, 6.07) is 0. The van der Waals surface area contributed by atoms with Crippen molar-refractivity contribution in [3.63, 3.8) is 0 Å². The standard InChI is InChI=1S/C17H33NO2S/c1-15(2,3)11-9-7-8-10-14-21(19,20)18-17(12-13-17)16(4,5)6/h7,9,18H,8,10-14H2,1-6H3/b9-7+. The Balaban J connectivity index is 2.35. The molecule has 0 aromatic rings. The molecule has 1 aliphatic carbocycles. The summed E-state index contributed by atoms with van der Waals surface area (Å²) in [4.78, 5) is 0. The lowest BCUT2D eigenvalue weighted by Crippen LogP contribution is -2.46. The van der Waals surface area contributed by atoms with Gasteiger partial charge in [0, 0.05) is 5.54 Å². The first kappa shape index (κ1) is 18.7. The van der Waals surface area contributed by atoms with E-state index < -0.39 is 10.0 Å². The molecule has 4 heteroatoms. The minimum atomic E-state index is -3.16. The van der Waals surface area contributed by atoms with Crippen LogP contribution in [0.15, 0.2) is 12.2 Å². The Morgan fingerprint density at radius 1 is 1.05 bits per heavy atom. The van der Waals surface area contributed by atoms with Crippen molar-refractivity contribution in [3.8, 4) is 0 Å². The molecule has 0 heterocycles. The van der Waals surface area contributed by atoms with Gasteiger partial charge >= 0.3 is 0 Å². The number of nitrogens with one attached hydrogen (secondary N) is 1. The van der Waals surface area contributed by atoms with Crippen molar-refractivity contribution in [2.45, 2.75) is 79.2 Å². The van der Waals surface area contributed by atoms with Crippen LogP contribution in [0.4, 0.5) is 0 Å². The van der Waals surface area contributed by atoms with Crippen molar-refractivity contribution >= 4 is 10.0 Å². The third-order valence-electron chi connectivity index (χ3n) is 4.22. The molecule has 0 atom stereocenters. The summed E-state index contributed by atoms with van der Waals surface area (Å²) in [6.07, 6.45) is 8.75. The summed E-state index contributed by atoms with van der Waals surface area (Å²) in [7, 11) is -3.16. The molecular formula is C17H33NO2S. The molecule has 0 unspecified atom stereocenters. The van der Waals surface area contributed by atoms with E-state index in [0.29, 0.717) is 11.8 Å². The Labute approximate surface area is 131 Å². The van der Waals surface area contributed by atoms with Crippen LogP contribution in [-0.4, -0.2) is 19.7 Å². The second-order valence-electron chi connectivity index (χ2n) is 8.63. The molecule has 1 fully saturated rings. The molecule has 0 radical (unpaired) electrons. The molecule has 0 aromatic carbocycles. The fourth-order valence-electron chi connectivity index (χ4n) is 2.42. The molecule has 1 aliphatic rings. The number of unbranched alkanes of at least 4 members (excludes halogenated alkanes) is 1. The lowest BCUT2D eigenvalue weighted by atomic mass is 9.85. The lowest BCUT2D eigenvalue weighted by Gasteiger charge is -2.31. The van der Waals surface area contributed by atoms with Gasteiger partial charge < -0.3 is 0 Å². The van der Waals surface area contributed by atoms with Gasteiger partial charge in [-0.15, -0.1) is 0 Å². The van der Waals surface area contributed by atoms with Gasteiger partial charge in [0.15, 0.2) is 0 Å². The summed E-state index contributed by atoms with van der Waals surface area (Å²) in [6.45, 7) is 12.9. The molecule has 0 bridgehead atoms. The second kappa shape index (κ2) is 6.41. The Bertz CT molecular complexity index is 460. The molecule has 3 nitrogen and oxygen atoms in total. The Kier molecular flexibility index (Phi) is 5.71. The SMILES string of the molecule is CC(C)(C)C/C=C/CCCS(=O)(=O)NC1(C(C)(C)C)CC1. The molecule has 0 aliphatic heterocycles. The van der Waals surface area contributed by atoms with Crippen LogP contribution in [0.5, 0.6) is 0 Å². The van der Waals surface area contributed by atoms with E-state index in [2.05, 4.69) is 58.4 Å². The van der Waals surface area contributed by atoms with E-state index in [4.69, 9.17) is 0 Å². The molecule has 1 rings (SSSR count). The van der Waals surface area contributed by atoms with Crippen molar-refractivity contribution in [2.24, 2.45) is 10.8 Å². The highest BCUT2D eigenvalue weighted by Crippen LogP contribution is 2.50. The zero-order chi connectivity index (χ0) is 16.4. The van der Waals surface area contributed by atoms with Crippen LogP contribution in [0, 0.1) is 10.8 Å². The van der Waals surface area contributed by atoms with Gasteiger partial charge in [0.2, 0.25) is 10.0 Å². The molecule has 0 aromatic heterocycles. The summed E-state index contributed by atoms with van der Waals surface area (Å²) in [5, 5.41) is 0. The Morgan fingerprint density at radius 3 is 2.05 bits per heavy atom. The number of hydrogen-bond acceptors (Lipinski definition) is 2. The van der Waals surface area contributed by atoms with E-state index in [1.54, 1.807) is 0 Å². The smallest absolute Gasteiger partial charge is 0.212 e. The minimum Gasteiger partial charge on any atom is -0.212 e. The number of sulfonamides is 1. The maximum Gasteiger partial charge on any atom is 0.212 e. The van der Waals surface area contributed by atoms with Crippen LogP contribution in [0.25, 0.3) is 0 Å². The van der Waals surface area contributed by atoms with Crippen LogP contribution < -0.4 is 4.72 Å². The first-order valence-electron chi connectivity index (χ1n) is 8.04. The molecule has 1 saturated carbocycles. The van der Waals surface area contributed by atoms with E-state index in [1.165, 1.54) is 0 Å². The van der Waals surface area contributed by atoms with Crippen LogP contribution >= 0.6 is 0 Å². The Morgan fingerprint density at radius 2 is 1.62 bits per heavy atom. The highest BCUT2D eigenvalue weighted by molar-refractivity contribution is 7.89. The van der Waals surface area contributed by atoms with E-state index >= 15 is 0 Å². The van der Waals surface area contributed by atoms with Gasteiger partial charge in [-0.2, -0.15) is 0 Å². The first-order chi connectivity index (χ1) is 9.37. The average Bonchev–Trinajstić information content (AvgIpc) is 3.01. The van der Waals surface area contributed by atoms with E-state index in [-0.39, 0.29) is 16.7 Å². The van der Waals surface area contributed by atoms with Crippen molar-refractivity contribution in [1.82, 2.24) is 4.72 Å². The van der Waals surface area contributed by atoms with E-state index in [0.717, 1.165) is 25.7 Å². The van der Waals surface area contributed by atoms with Crippen LogP contribution in [-0.2, 0) is 10.0 Å². The molecule has 21 heavy (non-hydrogen) atoms. The Hall–Kier alpha value is -0.350. The van der Waals surface area contributed by atoms with Crippen molar-refractivity contribution in [2.75, 3.05) is 5.75 Å². The molecule has 124 valence electrons. The van der Waals surface area contributed by atoms with Gasteiger partial charge in [0.05, 0.1) is 5.75 Å². The molecule has 0 saturated heterocycles. The average molecular weight is 316 g/mol. The van der Waals surface area contributed by atoms with Crippen molar-refractivity contribution in [1.29, 1.82) is 0 Å². The highest BCUT2D eigenvalue weighted by Gasteiger charge is 2.53. The summed E-state index contributed by atoms with van der Waals surface area (Å²) in [5.74, 6) is 0.227. The normalized spacial score (nSPS) is 19.1. The van der Waals surface area contributed by atoms with E-state index in [9.17, 15) is 8.42 Å². The number of rotatable bonds is 7. The third kappa shape index (κ3) is 6.52. The van der Waals surface area contributed by atoms with Gasteiger partial charge in [0.25, 0.3) is 0 Å². The lowest BCUT2D eigenvalue weighted by molar-refractivity contribution is 0.278. The number of hydrogen-bond donors (Lipinski definition) is 1. The van der Waals surface area contributed by atoms with Gasteiger partial charge in [-0.1, -0.05) is 53.7 Å². The molecule has 0 amide bonds. The van der Waals surface area contributed by atoms with Crippen molar-refractivity contribution < 1.29 is 8.42 Å². The predicted octanol–water partition coefficient (Wildman–Crippen LogP) is 4.26. The predicted molar refractivity (Wildman–Crippen MR) is 90.8 cm³/mol. The van der Waals surface area contributed by atoms with Crippen LogP contribution in [0.2, 0.25) is 0 Å².